The Morgan fingerprint density at radius 1 is 1.12 bits per heavy atom. The van der Waals surface area contributed by atoms with Crippen molar-refractivity contribution in [2.75, 3.05) is 5.32 Å². The molecule has 0 saturated carbocycles. The van der Waals surface area contributed by atoms with Crippen LogP contribution in [0, 0.1) is 0 Å². The van der Waals surface area contributed by atoms with E-state index in [2.05, 4.69) is 42.2 Å². The summed E-state index contributed by atoms with van der Waals surface area (Å²) in [6, 6.07) is 9.52. The number of pyridine rings is 1. The molecule has 1 heterocycles. The molecule has 5 heteroatoms. The van der Waals surface area contributed by atoms with E-state index in [4.69, 9.17) is 11.6 Å². The Bertz CT molecular complexity index is 497. The highest BCUT2D eigenvalue weighted by atomic mass is 79.9. The van der Waals surface area contributed by atoms with Crippen LogP contribution in [0.4, 0.5) is 11.4 Å². The molecule has 0 atom stereocenters. The molecule has 2 nitrogen and oxygen atoms in total. The number of halogens is 3. The second kappa shape index (κ2) is 5.17. The molecule has 82 valence electrons. The molecule has 0 bridgehead atoms. The number of nitrogens with zero attached hydrogens (tertiary/aromatic N) is 1. The van der Waals surface area contributed by atoms with Crippen LogP contribution in [-0.2, 0) is 0 Å². The van der Waals surface area contributed by atoms with Crippen LogP contribution in [0.2, 0.25) is 5.15 Å². The van der Waals surface area contributed by atoms with Gasteiger partial charge in [-0.1, -0.05) is 17.7 Å². The van der Waals surface area contributed by atoms with E-state index in [0.29, 0.717) is 5.15 Å². The molecule has 2 rings (SSSR count). The SMILES string of the molecule is Clc1cc(Nc2c(Br)cccc2Br)ccn1. The van der Waals surface area contributed by atoms with E-state index in [0.717, 1.165) is 20.3 Å². The molecular formula is C11H7Br2ClN2. The first kappa shape index (κ1) is 11.9. The number of hydrogen-bond donors (Lipinski definition) is 1. The fourth-order valence-corrected chi connectivity index (χ4v) is 2.61. The zero-order valence-electron chi connectivity index (χ0n) is 8.05. The standard InChI is InChI=1S/C11H7Br2ClN2/c12-8-2-1-3-9(13)11(8)16-7-4-5-15-10(14)6-7/h1-6H,(H,15,16). The van der Waals surface area contributed by atoms with Crippen LogP contribution in [0.1, 0.15) is 0 Å². The van der Waals surface area contributed by atoms with Gasteiger partial charge in [0.05, 0.1) is 5.69 Å². The smallest absolute Gasteiger partial charge is 0.131 e. The summed E-state index contributed by atoms with van der Waals surface area (Å²) >= 11 is 12.8. The predicted octanol–water partition coefficient (Wildman–Crippen LogP) is 5.00. The van der Waals surface area contributed by atoms with Crippen molar-refractivity contribution in [1.29, 1.82) is 0 Å². The highest BCUT2D eigenvalue weighted by molar-refractivity contribution is 9.11. The lowest BCUT2D eigenvalue weighted by molar-refractivity contribution is 1.32. The van der Waals surface area contributed by atoms with Gasteiger partial charge in [0.15, 0.2) is 0 Å². The zero-order chi connectivity index (χ0) is 11.5. The largest absolute Gasteiger partial charge is 0.354 e. The quantitative estimate of drug-likeness (QED) is 0.760. The summed E-state index contributed by atoms with van der Waals surface area (Å²) < 4.78 is 1.96. The number of para-hydroxylation sites is 1. The molecule has 0 radical (unpaired) electrons. The minimum atomic E-state index is 0.466. The van der Waals surface area contributed by atoms with Crippen molar-refractivity contribution in [3.05, 3.63) is 50.6 Å². The summed E-state index contributed by atoms with van der Waals surface area (Å²) in [7, 11) is 0. The van der Waals surface area contributed by atoms with Gasteiger partial charge in [-0.15, -0.1) is 0 Å². The maximum atomic E-state index is 5.82. The van der Waals surface area contributed by atoms with E-state index in [1.165, 1.54) is 0 Å². The Morgan fingerprint density at radius 2 is 1.81 bits per heavy atom. The lowest BCUT2D eigenvalue weighted by Crippen LogP contribution is -1.92. The molecular weight excluding hydrogens is 355 g/mol. The van der Waals surface area contributed by atoms with Crippen LogP contribution in [0.3, 0.4) is 0 Å². The second-order valence-corrected chi connectivity index (χ2v) is 5.18. The molecule has 0 amide bonds. The van der Waals surface area contributed by atoms with Crippen molar-refractivity contribution < 1.29 is 0 Å². The maximum absolute atomic E-state index is 5.82. The third-order valence-corrected chi connectivity index (χ3v) is 3.49. The van der Waals surface area contributed by atoms with Crippen LogP contribution < -0.4 is 5.32 Å². The number of rotatable bonds is 2. The van der Waals surface area contributed by atoms with Gasteiger partial charge < -0.3 is 5.32 Å². The molecule has 0 aliphatic heterocycles. The first-order chi connectivity index (χ1) is 7.66. The van der Waals surface area contributed by atoms with E-state index < -0.39 is 0 Å². The molecule has 0 unspecified atom stereocenters. The Kier molecular flexibility index (Phi) is 3.84. The fraction of sp³-hybridized carbons (Fsp3) is 0. The van der Waals surface area contributed by atoms with Crippen molar-refractivity contribution in [2.45, 2.75) is 0 Å². The van der Waals surface area contributed by atoms with Gasteiger partial charge in [-0.3, -0.25) is 0 Å². The number of benzene rings is 1. The predicted molar refractivity (Wildman–Crippen MR) is 74.4 cm³/mol. The summed E-state index contributed by atoms with van der Waals surface area (Å²) in [6.45, 7) is 0. The van der Waals surface area contributed by atoms with E-state index in [1.807, 2.05) is 24.3 Å². The fourth-order valence-electron chi connectivity index (χ4n) is 1.24. The molecule has 2 aromatic rings. The third-order valence-electron chi connectivity index (χ3n) is 1.96. The minimum absolute atomic E-state index is 0.466. The van der Waals surface area contributed by atoms with E-state index in [9.17, 15) is 0 Å². The van der Waals surface area contributed by atoms with E-state index in [-0.39, 0.29) is 0 Å². The summed E-state index contributed by atoms with van der Waals surface area (Å²) in [5.74, 6) is 0. The van der Waals surface area contributed by atoms with Gasteiger partial charge in [0.25, 0.3) is 0 Å². The molecule has 1 aromatic carbocycles. The number of anilines is 2. The third kappa shape index (κ3) is 2.75. The van der Waals surface area contributed by atoms with Gasteiger partial charge in [0.2, 0.25) is 0 Å². The van der Waals surface area contributed by atoms with Crippen LogP contribution in [-0.4, -0.2) is 4.98 Å². The zero-order valence-corrected chi connectivity index (χ0v) is 12.0. The van der Waals surface area contributed by atoms with Crippen LogP contribution in [0.15, 0.2) is 45.5 Å². The monoisotopic (exact) mass is 360 g/mol. The van der Waals surface area contributed by atoms with Crippen molar-refractivity contribution >= 4 is 54.8 Å². The van der Waals surface area contributed by atoms with Gasteiger partial charge in [-0.05, 0) is 56.1 Å². The summed E-state index contributed by atoms with van der Waals surface area (Å²) in [4.78, 5) is 3.93. The Morgan fingerprint density at radius 3 is 2.44 bits per heavy atom. The Balaban J connectivity index is 2.34. The number of hydrogen-bond acceptors (Lipinski definition) is 2. The summed E-state index contributed by atoms with van der Waals surface area (Å²) in [6.07, 6.45) is 1.66. The lowest BCUT2D eigenvalue weighted by Gasteiger charge is -2.10. The molecule has 0 spiro atoms. The van der Waals surface area contributed by atoms with E-state index in [1.54, 1.807) is 12.3 Å². The molecule has 1 aromatic heterocycles. The Hall–Kier alpha value is -0.580. The molecule has 0 saturated heterocycles. The van der Waals surface area contributed by atoms with Crippen LogP contribution in [0.5, 0.6) is 0 Å². The van der Waals surface area contributed by atoms with Crippen LogP contribution in [0.25, 0.3) is 0 Å². The first-order valence-corrected chi connectivity index (χ1v) is 6.46. The van der Waals surface area contributed by atoms with E-state index >= 15 is 0 Å². The highest BCUT2D eigenvalue weighted by Crippen LogP contribution is 2.33. The summed E-state index contributed by atoms with van der Waals surface area (Å²) in [5.41, 5.74) is 1.86. The molecule has 1 N–H and O–H groups in total. The van der Waals surface area contributed by atoms with Gasteiger partial charge >= 0.3 is 0 Å². The Labute approximate surface area is 115 Å². The average Bonchev–Trinajstić information content (AvgIpc) is 2.24. The lowest BCUT2D eigenvalue weighted by atomic mass is 10.3. The molecule has 0 fully saturated rings. The second-order valence-electron chi connectivity index (χ2n) is 3.09. The first-order valence-electron chi connectivity index (χ1n) is 4.49. The number of aromatic nitrogens is 1. The average molecular weight is 362 g/mol. The van der Waals surface area contributed by atoms with Crippen molar-refractivity contribution in [2.24, 2.45) is 0 Å². The van der Waals surface area contributed by atoms with Gasteiger partial charge in [-0.2, -0.15) is 0 Å². The minimum Gasteiger partial charge on any atom is -0.354 e. The molecule has 16 heavy (non-hydrogen) atoms. The van der Waals surface area contributed by atoms with Gasteiger partial charge in [0, 0.05) is 20.8 Å². The highest BCUT2D eigenvalue weighted by Gasteiger charge is 2.04. The van der Waals surface area contributed by atoms with Gasteiger partial charge in [-0.25, -0.2) is 4.98 Å². The van der Waals surface area contributed by atoms with Gasteiger partial charge in [0.1, 0.15) is 5.15 Å². The maximum Gasteiger partial charge on any atom is 0.131 e. The van der Waals surface area contributed by atoms with Crippen LogP contribution >= 0.6 is 43.5 Å². The van der Waals surface area contributed by atoms with Crippen molar-refractivity contribution in [3.8, 4) is 0 Å². The topological polar surface area (TPSA) is 24.9 Å². The summed E-state index contributed by atoms with van der Waals surface area (Å²) in [5, 5.41) is 3.73. The molecule has 0 aliphatic carbocycles. The van der Waals surface area contributed by atoms with Crippen molar-refractivity contribution in [1.82, 2.24) is 4.98 Å². The van der Waals surface area contributed by atoms with Crippen molar-refractivity contribution in [3.63, 3.8) is 0 Å². The number of nitrogens with one attached hydrogen (secondary N) is 1. The molecule has 0 aliphatic rings. The normalized spacial score (nSPS) is 10.2.